The minimum atomic E-state index is -0.358. The first kappa shape index (κ1) is 19.4. The lowest BCUT2D eigenvalue weighted by Crippen LogP contribution is -2.21. The molecule has 0 aliphatic rings. The zero-order valence-electron chi connectivity index (χ0n) is 17.2. The Morgan fingerprint density at radius 2 is 1.84 bits per heavy atom. The molecule has 160 valence electrons. The third kappa shape index (κ3) is 3.35. The lowest BCUT2D eigenvalue weighted by molar-refractivity contribution is 0.355. The second-order valence-electron chi connectivity index (χ2n) is 6.77. The van der Waals surface area contributed by atoms with E-state index in [0.717, 1.165) is 5.69 Å². The molecule has 32 heavy (non-hydrogen) atoms. The first-order valence-electron chi connectivity index (χ1n) is 9.59. The summed E-state index contributed by atoms with van der Waals surface area (Å²) in [4.78, 5) is 21.6. The summed E-state index contributed by atoms with van der Waals surface area (Å²) in [6.45, 7) is 0.0419. The number of fused-ring (bicyclic) bond motifs is 1. The monoisotopic (exact) mass is 431 g/mol. The summed E-state index contributed by atoms with van der Waals surface area (Å²) < 4.78 is 18.7. The van der Waals surface area contributed by atoms with Gasteiger partial charge in [-0.05, 0) is 30.3 Å². The minimum Gasteiger partial charge on any atom is -0.493 e. The van der Waals surface area contributed by atoms with Crippen molar-refractivity contribution >= 4 is 11.2 Å². The zero-order valence-corrected chi connectivity index (χ0v) is 17.2. The lowest BCUT2D eigenvalue weighted by atomic mass is 10.2. The highest BCUT2D eigenvalue weighted by Crippen LogP contribution is 2.31. The smallest absolute Gasteiger partial charge is 0.284 e. The molecule has 0 spiro atoms. The van der Waals surface area contributed by atoms with Crippen molar-refractivity contribution in [2.24, 2.45) is 0 Å². The van der Waals surface area contributed by atoms with E-state index in [4.69, 9.17) is 14.0 Å². The van der Waals surface area contributed by atoms with Gasteiger partial charge >= 0.3 is 0 Å². The Kier molecular flexibility index (Phi) is 4.82. The predicted molar refractivity (Wildman–Crippen MR) is 113 cm³/mol. The summed E-state index contributed by atoms with van der Waals surface area (Å²) in [5.41, 5.74) is 1.61. The third-order valence-corrected chi connectivity index (χ3v) is 4.85. The van der Waals surface area contributed by atoms with E-state index in [1.165, 1.54) is 15.6 Å². The van der Waals surface area contributed by atoms with Crippen molar-refractivity contribution in [2.45, 2.75) is 6.54 Å². The normalized spacial score (nSPS) is 11.1. The first-order valence-corrected chi connectivity index (χ1v) is 9.59. The van der Waals surface area contributed by atoms with E-state index in [0.29, 0.717) is 28.5 Å². The second-order valence-corrected chi connectivity index (χ2v) is 6.77. The number of nitrogens with zero attached hydrogens (tertiary/aromatic N) is 7. The molecule has 0 saturated heterocycles. The van der Waals surface area contributed by atoms with E-state index in [1.807, 2.05) is 30.3 Å². The molecule has 11 heteroatoms. The molecule has 0 N–H and O–H groups in total. The van der Waals surface area contributed by atoms with Gasteiger partial charge in [0.15, 0.2) is 22.7 Å². The summed E-state index contributed by atoms with van der Waals surface area (Å²) in [5, 5.41) is 12.1. The maximum absolute atomic E-state index is 12.9. The topological polar surface area (TPSA) is 123 Å². The number of hydrogen-bond acceptors (Lipinski definition) is 9. The van der Waals surface area contributed by atoms with Crippen molar-refractivity contribution in [1.82, 2.24) is 34.7 Å². The van der Waals surface area contributed by atoms with Crippen LogP contribution < -0.4 is 15.0 Å². The Morgan fingerprint density at radius 3 is 2.62 bits per heavy atom. The average Bonchev–Trinajstić information content (AvgIpc) is 3.49. The van der Waals surface area contributed by atoms with Crippen LogP contribution in [-0.2, 0) is 6.54 Å². The molecule has 0 aliphatic heterocycles. The van der Waals surface area contributed by atoms with Gasteiger partial charge in [-0.15, -0.1) is 5.10 Å². The van der Waals surface area contributed by atoms with E-state index in [9.17, 15) is 4.79 Å². The van der Waals surface area contributed by atoms with Crippen LogP contribution in [-0.4, -0.2) is 48.9 Å². The van der Waals surface area contributed by atoms with E-state index < -0.39 is 0 Å². The average molecular weight is 431 g/mol. The van der Waals surface area contributed by atoms with Crippen molar-refractivity contribution in [2.75, 3.05) is 14.2 Å². The lowest BCUT2D eigenvalue weighted by Gasteiger charge is -2.07. The number of benzene rings is 2. The molecule has 0 unspecified atom stereocenters. The standard InChI is InChI=1S/C21H17N7O4/c1-30-15-9-8-13(10-16(15)31-2)19-23-17(32-25-19)11-27-12-22-20-18(21(27)29)24-26-28(20)14-6-4-3-5-7-14/h3-10,12H,11H2,1-2H3. The molecule has 5 aromatic rings. The Labute approximate surface area is 180 Å². The maximum Gasteiger partial charge on any atom is 0.284 e. The van der Waals surface area contributed by atoms with E-state index >= 15 is 0 Å². The van der Waals surface area contributed by atoms with Crippen molar-refractivity contribution in [3.05, 3.63) is 71.1 Å². The van der Waals surface area contributed by atoms with Crippen LogP contribution in [0, 0.1) is 0 Å². The van der Waals surface area contributed by atoms with Gasteiger partial charge in [-0.25, -0.2) is 4.98 Å². The predicted octanol–water partition coefficient (Wildman–Crippen LogP) is 2.09. The van der Waals surface area contributed by atoms with Crippen LogP contribution >= 0.6 is 0 Å². The molecule has 0 fully saturated rings. The number of methoxy groups -OCH3 is 2. The summed E-state index contributed by atoms with van der Waals surface area (Å²) in [5.74, 6) is 1.74. The molecule has 0 amide bonds. The fourth-order valence-electron chi connectivity index (χ4n) is 3.26. The highest BCUT2D eigenvalue weighted by atomic mass is 16.5. The van der Waals surface area contributed by atoms with Crippen molar-refractivity contribution in [1.29, 1.82) is 0 Å². The largest absolute Gasteiger partial charge is 0.493 e. The fraction of sp³-hybridized carbons (Fsp3) is 0.143. The molecule has 11 nitrogen and oxygen atoms in total. The van der Waals surface area contributed by atoms with Gasteiger partial charge in [0.25, 0.3) is 5.56 Å². The molecular formula is C21H17N7O4. The van der Waals surface area contributed by atoms with Gasteiger partial charge in [-0.2, -0.15) is 9.67 Å². The van der Waals surface area contributed by atoms with Crippen molar-refractivity contribution in [3.63, 3.8) is 0 Å². The number of para-hydroxylation sites is 1. The number of rotatable bonds is 6. The molecule has 2 aromatic carbocycles. The van der Waals surface area contributed by atoms with Crippen molar-refractivity contribution < 1.29 is 14.0 Å². The summed E-state index contributed by atoms with van der Waals surface area (Å²) in [6, 6.07) is 14.6. The molecule has 0 radical (unpaired) electrons. The van der Waals surface area contributed by atoms with Crippen LogP contribution in [0.15, 0.2) is 64.2 Å². The minimum absolute atomic E-state index is 0.0419. The second kappa shape index (κ2) is 7.95. The van der Waals surface area contributed by atoms with Gasteiger partial charge in [0.05, 0.1) is 19.9 Å². The number of ether oxygens (including phenoxy) is 2. The van der Waals surface area contributed by atoms with Gasteiger partial charge in [-0.1, -0.05) is 28.6 Å². The van der Waals surface area contributed by atoms with E-state index in [1.54, 1.807) is 32.4 Å². The van der Waals surface area contributed by atoms with Crippen LogP contribution in [0.2, 0.25) is 0 Å². The van der Waals surface area contributed by atoms with Crippen LogP contribution in [0.1, 0.15) is 5.89 Å². The molecule has 3 aromatic heterocycles. The van der Waals surface area contributed by atoms with Gasteiger partial charge in [-0.3, -0.25) is 9.36 Å². The fourth-order valence-corrected chi connectivity index (χ4v) is 3.26. The highest BCUT2D eigenvalue weighted by Gasteiger charge is 2.16. The third-order valence-electron chi connectivity index (χ3n) is 4.85. The van der Waals surface area contributed by atoms with Gasteiger partial charge in [0.1, 0.15) is 12.9 Å². The van der Waals surface area contributed by atoms with E-state index in [2.05, 4.69) is 25.4 Å². The molecular weight excluding hydrogens is 414 g/mol. The molecule has 0 atom stereocenters. The van der Waals surface area contributed by atoms with Crippen LogP contribution in [0.3, 0.4) is 0 Å². The van der Waals surface area contributed by atoms with Gasteiger partial charge < -0.3 is 14.0 Å². The first-order chi connectivity index (χ1) is 15.7. The molecule has 0 bridgehead atoms. The SMILES string of the molecule is COc1ccc(-c2noc(Cn3cnc4c(nnn4-c4ccccc4)c3=O)n2)cc1OC. The van der Waals surface area contributed by atoms with Crippen LogP contribution in [0.25, 0.3) is 28.2 Å². The highest BCUT2D eigenvalue weighted by molar-refractivity contribution is 5.70. The maximum atomic E-state index is 12.9. The molecule has 0 aliphatic carbocycles. The summed E-state index contributed by atoms with van der Waals surface area (Å²) >= 11 is 0. The zero-order chi connectivity index (χ0) is 22.1. The Bertz CT molecular complexity index is 1460. The number of aromatic nitrogens is 7. The van der Waals surface area contributed by atoms with E-state index in [-0.39, 0.29) is 23.5 Å². The van der Waals surface area contributed by atoms with Crippen molar-refractivity contribution in [3.8, 4) is 28.6 Å². The molecule has 0 saturated carbocycles. The van der Waals surface area contributed by atoms with Gasteiger partial charge in [0, 0.05) is 5.56 Å². The Morgan fingerprint density at radius 1 is 1.03 bits per heavy atom. The summed E-state index contributed by atoms with van der Waals surface area (Å²) in [7, 11) is 3.11. The number of hydrogen-bond donors (Lipinski definition) is 0. The Balaban J connectivity index is 1.44. The molecule has 5 rings (SSSR count). The summed E-state index contributed by atoms with van der Waals surface area (Å²) in [6.07, 6.45) is 1.41. The van der Waals surface area contributed by atoms with Crippen LogP contribution in [0.5, 0.6) is 11.5 Å². The Hall–Kier alpha value is -4.54. The van der Waals surface area contributed by atoms with Crippen LogP contribution in [0.4, 0.5) is 0 Å². The molecule has 3 heterocycles. The van der Waals surface area contributed by atoms with Gasteiger partial charge in [0.2, 0.25) is 11.7 Å². The quantitative estimate of drug-likeness (QED) is 0.397.